The first-order valence-electron chi connectivity index (χ1n) is 6.62. The molecule has 1 aromatic carbocycles. The first kappa shape index (κ1) is 13.9. The van der Waals surface area contributed by atoms with Crippen LogP contribution in [-0.4, -0.2) is 13.2 Å². The molecule has 1 aromatic rings. The van der Waals surface area contributed by atoms with Crippen LogP contribution >= 0.6 is 0 Å². The van der Waals surface area contributed by atoms with E-state index in [0.717, 1.165) is 5.75 Å². The van der Waals surface area contributed by atoms with Crippen molar-refractivity contribution in [1.82, 2.24) is 0 Å². The summed E-state index contributed by atoms with van der Waals surface area (Å²) >= 11 is 0. The van der Waals surface area contributed by atoms with Crippen LogP contribution in [0.4, 0.5) is 5.69 Å². The molecule has 0 bridgehead atoms. The Bertz CT molecular complexity index is 336. The molecule has 0 radical (unpaired) electrons. The lowest BCUT2D eigenvalue weighted by Crippen LogP contribution is -2.18. The predicted octanol–water partition coefficient (Wildman–Crippen LogP) is 4.38. The minimum Gasteiger partial charge on any atom is -0.496 e. The summed E-state index contributed by atoms with van der Waals surface area (Å²) in [6, 6.07) is 6.88. The number of nitrogens with one attached hydrogen (secondary N) is 1. The zero-order valence-corrected chi connectivity index (χ0v) is 11.5. The second kappa shape index (κ2) is 7.21. The van der Waals surface area contributed by atoms with Crippen molar-refractivity contribution in [2.75, 3.05) is 12.4 Å². The van der Waals surface area contributed by atoms with Crippen molar-refractivity contribution in [2.45, 2.75) is 52.5 Å². The third-order valence-electron chi connectivity index (χ3n) is 3.16. The minimum absolute atomic E-state index is 0.586. The average Bonchev–Trinajstić information content (AvgIpc) is 2.34. The molecule has 0 aliphatic carbocycles. The molecule has 0 aromatic heterocycles. The molecule has 1 atom stereocenters. The molecular weight excluding hydrogens is 210 g/mol. The van der Waals surface area contributed by atoms with Crippen LogP contribution in [0, 0.1) is 6.92 Å². The van der Waals surface area contributed by atoms with Crippen molar-refractivity contribution in [3.05, 3.63) is 23.8 Å². The highest BCUT2D eigenvalue weighted by atomic mass is 16.5. The van der Waals surface area contributed by atoms with Crippen molar-refractivity contribution in [2.24, 2.45) is 0 Å². The summed E-state index contributed by atoms with van der Waals surface area (Å²) in [5.41, 5.74) is 2.38. The van der Waals surface area contributed by atoms with Gasteiger partial charge in [0, 0.05) is 11.7 Å². The van der Waals surface area contributed by atoms with Gasteiger partial charge in [0.25, 0.3) is 0 Å². The highest BCUT2D eigenvalue weighted by Crippen LogP contribution is 2.22. The molecule has 0 saturated heterocycles. The molecular formula is C15H25NO. The van der Waals surface area contributed by atoms with Gasteiger partial charge in [-0.2, -0.15) is 0 Å². The molecule has 0 heterocycles. The molecule has 1 rings (SSSR count). The maximum absolute atomic E-state index is 5.27. The Morgan fingerprint density at radius 2 is 2.06 bits per heavy atom. The summed E-state index contributed by atoms with van der Waals surface area (Å²) < 4.78 is 5.27. The van der Waals surface area contributed by atoms with Crippen LogP contribution in [0.3, 0.4) is 0 Å². The van der Waals surface area contributed by atoms with E-state index >= 15 is 0 Å². The predicted molar refractivity (Wildman–Crippen MR) is 75.0 cm³/mol. The van der Waals surface area contributed by atoms with Gasteiger partial charge in [-0.15, -0.1) is 0 Å². The lowest BCUT2D eigenvalue weighted by molar-refractivity contribution is 0.411. The first-order chi connectivity index (χ1) is 8.21. The molecule has 2 heteroatoms. The molecule has 0 aliphatic rings. The van der Waals surface area contributed by atoms with E-state index in [2.05, 4.69) is 38.2 Å². The average molecular weight is 235 g/mol. The van der Waals surface area contributed by atoms with E-state index in [1.165, 1.54) is 36.9 Å². The summed E-state index contributed by atoms with van der Waals surface area (Å²) in [6.45, 7) is 6.56. The van der Waals surface area contributed by atoms with E-state index in [0.29, 0.717) is 6.04 Å². The molecule has 0 saturated carbocycles. The van der Waals surface area contributed by atoms with Crippen LogP contribution in [0.5, 0.6) is 5.75 Å². The monoisotopic (exact) mass is 235 g/mol. The van der Waals surface area contributed by atoms with Gasteiger partial charge in [-0.3, -0.25) is 0 Å². The Balaban J connectivity index is 2.63. The van der Waals surface area contributed by atoms with Gasteiger partial charge in [-0.25, -0.2) is 0 Å². The largest absolute Gasteiger partial charge is 0.496 e. The summed E-state index contributed by atoms with van der Waals surface area (Å²) in [5, 5.41) is 3.60. The molecule has 1 unspecified atom stereocenters. The van der Waals surface area contributed by atoms with E-state index < -0.39 is 0 Å². The second-order valence-electron chi connectivity index (χ2n) is 4.58. The summed E-state index contributed by atoms with van der Waals surface area (Å²) in [5.74, 6) is 0.956. The number of ether oxygens (including phenoxy) is 1. The molecule has 1 N–H and O–H groups in total. The molecule has 96 valence electrons. The molecule has 17 heavy (non-hydrogen) atoms. The van der Waals surface area contributed by atoms with Gasteiger partial charge >= 0.3 is 0 Å². The Kier molecular flexibility index (Phi) is 5.88. The number of rotatable bonds is 7. The molecule has 2 nitrogen and oxygen atoms in total. The zero-order valence-electron chi connectivity index (χ0n) is 11.5. The summed E-state index contributed by atoms with van der Waals surface area (Å²) in [7, 11) is 1.71. The smallest absolute Gasteiger partial charge is 0.121 e. The van der Waals surface area contributed by atoms with Gasteiger partial charge in [-0.1, -0.05) is 26.7 Å². The van der Waals surface area contributed by atoms with Crippen LogP contribution in [0.25, 0.3) is 0 Å². The van der Waals surface area contributed by atoms with Crippen LogP contribution in [0.15, 0.2) is 18.2 Å². The maximum Gasteiger partial charge on any atom is 0.121 e. The fourth-order valence-electron chi connectivity index (χ4n) is 2.03. The first-order valence-corrected chi connectivity index (χ1v) is 6.62. The lowest BCUT2D eigenvalue weighted by Gasteiger charge is -2.18. The number of anilines is 1. The van der Waals surface area contributed by atoms with E-state index in [9.17, 15) is 0 Å². The van der Waals surface area contributed by atoms with Crippen molar-refractivity contribution in [3.8, 4) is 5.75 Å². The summed E-state index contributed by atoms with van der Waals surface area (Å²) in [6.07, 6.45) is 4.98. The van der Waals surface area contributed by atoms with Crippen molar-refractivity contribution < 1.29 is 4.74 Å². The number of hydrogen-bond acceptors (Lipinski definition) is 2. The normalized spacial score (nSPS) is 12.2. The third kappa shape index (κ3) is 4.29. The van der Waals surface area contributed by atoms with Gasteiger partial charge in [-0.05, 0) is 43.5 Å². The van der Waals surface area contributed by atoms with Gasteiger partial charge in [0.2, 0.25) is 0 Å². The van der Waals surface area contributed by atoms with Crippen LogP contribution < -0.4 is 10.1 Å². The number of benzene rings is 1. The van der Waals surface area contributed by atoms with E-state index in [-0.39, 0.29) is 0 Å². The number of hydrogen-bond donors (Lipinski definition) is 1. The topological polar surface area (TPSA) is 21.3 Å². The van der Waals surface area contributed by atoms with Gasteiger partial charge < -0.3 is 10.1 Å². The van der Waals surface area contributed by atoms with E-state index in [4.69, 9.17) is 4.74 Å². The molecule has 0 fully saturated rings. The summed E-state index contributed by atoms with van der Waals surface area (Å²) in [4.78, 5) is 0. The molecule has 0 spiro atoms. The highest BCUT2D eigenvalue weighted by molar-refractivity contribution is 5.51. The SMILES string of the molecule is CCCCC(CC)Nc1ccc(OC)c(C)c1. The Morgan fingerprint density at radius 1 is 1.29 bits per heavy atom. The zero-order chi connectivity index (χ0) is 12.7. The standard InChI is InChI=1S/C15H25NO/c1-5-7-8-13(6-2)16-14-9-10-15(17-4)12(3)11-14/h9-11,13,16H,5-8H2,1-4H3. The number of methoxy groups -OCH3 is 1. The van der Waals surface area contributed by atoms with Crippen LogP contribution in [0.2, 0.25) is 0 Å². The Labute approximate surface area is 105 Å². The third-order valence-corrected chi connectivity index (χ3v) is 3.16. The quantitative estimate of drug-likeness (QED) is 0.757. The minimum atomic E-state index is 0.586. The van der Waals surface area contributed by atoms with Crippen LogP contribution in [0.1, 0.15) is 45.1 Å². The van der Waals surface area contributed by atoms with Crippen LogP contribution in [-0.2, 0) is 0 Å². The number of aryl methyl sites for hydroxylation is 1. The Hall–Kier alpha value is -1.18. The van der Waals surface area contributed by atoms with E-state index in [1.54, 1.807) is 7.11 Å². The Morgan fingerprint density at radius 3 is 2.59 bits per heavy atom. The van der Waals surface area contributed by atoms with Crippen molar-refractivity contribution >= 4 is 5.69 Å². The number of unbranched alkanes of at least 4 members (excludes halogenated alkanes) is 1. The van der Waals surface area contributed by atoms with Gasteiger partial charge in [0.15, 0.2) is 0 Å². The van der Waals surface area contributed by atoms with Gasteiger partial charge in [0.05, 0.1) is 7.11 Å². The fraction of sp³-hybridized carbons (Fsp3) is 0.600. The van der Waals surface area contributed by atoms with Gasteiger partial charge in [0.1, 0.15) is 5.75 Å². The van der Waals surface area contributed by atoms with Crippen molar-refractivity contribution in [3.63, 3.8) is 0 Å². The lowest BCUT2D eigenvalue weighted by atomic mass is 10.1. The maximum atomic E-state index is 5.27. The second-order valence-corrected chi connectivity index (χ2v) is 4.58. The van der Waals surface area contributed by atoms with E-state index in [1.807, 2.05) is 6.07 Å². The molecule has 0 amide bonds. The molecule has 0 aliphatic heterocycles. The van der Waals surface area contributed by atoms with Crippen molar-refractivity contribution in [1.29, 1.82) is 0 Å². The highest BCUT2D eigenvalue weighted by Gasteiger charge is 2.06. The fourth-order valence-corrected chi connectivity index (χ4v) is 2.03.